The Morgan fingerprint density at radius 1 is 1.30 bits per heavy atom. The summed E-state index contributed by atoms with van der Waals surface area (Å²) in [4.78, 5) is 2.86. The van der Waals surface area contributed by atoms with Crippen LogP contribution in [-0.4, -0.2) is 5.11 Å². The highest BCUT2D eigenvalue weighted by Crippen LogP contribution is 2.34. The third-order valence-electron chi connectivity index (χ3n) is 3.06. The van der Waals surface area contributed by atoms with Crippen molar-refractivity contribution in [3.63, 3.8) is 0 Å². The van der Waals surface area contributed by atoms with Crippen LogP contribution < -0.4 is 0 Å². The summed E-state index contributed by atoms with van der Waals surface area (Å²) in [5.74, 6) is 0.242. The van der Waals surface area contributed by atoms with Crippen LogP contribution in [0.2, 0.25) is 0 Å². The number of aromatic hydroxyl groups is 1. The molecule has 0 aliphatic heterocycles. The molecule has 2 rings (SSSR count). The number of benzene rings is 2. The third-order valence-corrected chi connectivity index (χ3v) is 3.06. The van der Waals surface area contributed by atoms with Crippen LogP contribution >= 0.6 is 0 Å². The fraction of sp³-hybridized carbons (Fsp3) is 0.125. The Morgan fingerprint density at radius 2 is 2.10 bits per heavy atom. The van der Waals surface area contributed by atoms with Gasteiger partial charge in [0.2, 0.25) is 0 Å². The molecule has 0 amide bonds. The first kappa shape index (κ1) is 13.7. The van der Waals surface area contributed by atoms with Gasteiger partial charge in [-0.15, -0.1) is 6.58 Å². The van der Waals surface area contributed by atoms with Crippen molar-refractivity contribution in [2.24, 2.45) is 5.11 Å². The van der Waals surface area contributed by atoms with Crippen molar-refractivity contribution < 1.29 is 5.11 Å². The molecular weight excluding hydrogens is 250 g/mol. The van der Waals surface area contributed by atoms with E-state index in [2.05, 4.69) is 16.6 Å². The molecule has 0 atom stereocenters. The zero-order valence-corrected chi connectivity index (χ0v) is 11.2. The summed E-state index contributed by atoms with van der Waals surface area (Å²) in [7, 11) is 0. The minimum atomic E-state index is 0.242. The Balaban J connectivity index is 2.61. The molecule has 0 unspecified atom stereocenters. The van der Waals surface area contributed by atoms with Gasteiger partial charge >= 0.3 is 0 Å². The topological polar surface area (TPSA) is 69.0 Å². The van der Waals surface area contributed by atoms with Gasteiger partial charge in [-0.05, 0) is 47.7 Å². The summed E-state index contributed by atoms with van der Waals surface area (Å²) >= 11 is 0. The smallest absolute Gasteiger partial charge is 0.119 e. The molecule has 2 aromatic carbocycles. The van der Waals surface area contributed by atoms with E-state index in [9.17, 15) is 5.11 Å². The van der Waals surface area contributed by atoms with Crippen LogP contribution in [0.5, 0.6) is 5.75 Å². The van der Waals surface area contributed by atoms with Gasteiger partial charge in [-0.1, -0.05) is 41.0 Å². The number of rotatable bonds is 4. The molecule has 0 radical (unpaired) electrons. The number of phenols is 1. The Bertz CT molecular complexity index is 701. The van der Waals surface area contributed by atoms with Crippen molar-refractivity contribution >= 4 is 5.69 Å². The molecule has 1 N–H and O–H groups in total. The number of hydrogen-bond acceptors (Lipinski definition) is 2. The first-order valence-corrected chi connectivity index (χ1v) is 6.24. The van der Waals surface area contributed by atoms with Gasteiger partial charge in [0.25, 0.3) is 0 Å². The molecule has 0 aliphatic rings. The molecule has 0 saturated heterocycles. The van der Waals surface area contributed by atoms with Gasteiger partial charge in [0.15, 0.2) is 0 Å². The van der Waals surface area contributed by atoms with Crippen LogP contribution in [0.1, 0.15) is 11.1 Å². The van der Waals surface area contributed by atoms with Gasteiger partial charge in [-0.3, -0.25) is 0 Å². The standard InChI is InChI=1S/C16H15N3O/c1-3-4-13-10-12(6-8-16(13)20)14-9-11(2)5-7-15(14)18-19-17/h3,5-10,20H,1,4H2,2H3. The molecular formula is C16H15N3O. The maximum atomic E-state index is 9.81. The normalized spacial score (nSPS) is 9.85. The quantitative estimate of drug-likeness (QED) is 0.358. The fourth-order valence-electron chi connectivity index (χ4n) is 2.09. The van der Waals surface area contributed by atoms with Crippen molar-refractivity contribution in [1.82, 2.24) is 0 Å². The molecule has 0 fully saturated rings. The minimum Gasteiger partial charge on any atom is -0.508 e. The molecule has 100 valence electrons. The summed E-state index contributed by atoms with van der Waals surface area (Å²) < 4.78 is 0. The van der Waals surface area contributed by atoms with E-state index < -0.39 is 0 Å². The van der Waals surface area contributed by atoms with Crippen molar-refractivity contribution in [3.8, 4) is 16.9 Å². The van der Waals surface area contributed by atoms with Crippen LogP contribution in [0, 0.1) is 6.92 Å². The average molecular weight is 265 g/mol. The second kappa shape index (κ2) is 5.95. The summed E-state index contributed by atoms with van der Waals surface area (Å²) in [6.45, 7) is 5.66. The van der Waals surface area contributed by atoms with E-state index in [0.717, 1.165) is 22.3 Å². The predicted molar refractivity (Wildman–Crippen MR) is 81.0 cm³/mol. The molecule has 0 spiro atoms. The second-order valence-electron chi connectivity index (χ2n) is 4.55. The number of hydrogen-bond donors (Lipinski definition) is 1. The van der Waals surface area contributed by atoms with Crippen LogP contribution in [0.15, 0.2) is 54.2 Å². The fourth-order valence-corrected chi connectivity index (χ4v) is 2.09. The van der Waals surface area contributed by atoms with E-state index in [0.29, 0.717) is 12.1 Å². The van der Waals surface area contributed by atoms with E-state index in [1.54, 1.807) is 18.2 Å². The minimum absolute atomic E-state index is 0.242. The summed E-state index contributed by atoms with van der Waals surface area (Å²) in [5.41, 5.74) is 12.9. The highest BCUT2D eigenvalue weighted by molar-refractivity contribution is 5.77. The Kier molecular flexibility index (Phi) is 4.08. The lowest BCUT2D eigenvalue weighted by molar-refractivity contribution is 0.470. The largest absolute Gasteiger partial charge is 0.508 e. The van der Waals surface area contributed by atoms with Gasteiger partial charge in [-0.2, -0.15) is 0 Å². The van der Waals surface area contributed by atoms with E-state index in [1.165, 1.54) is 0 Å². The van der Waals surface area contributed by atoms with Gasteiger partial charge < -0.3 is 5.11 Å². The third kappa shape index (κ3) is 2.82. The highest BCUT2D eigenvalue weighted by Gasteiger charge is 2.07. The van der Waals surface area contributed by atoms with Crippen molar-refractivity contribution in [2.75, 3.05) is 0 Å². The van der Waals surface area contributed by atoms with E-state index in [-0.39, 0.29) is 5.75 Å². The first-order valence-electron chi connectivity index (χ1n) is 6.24. The summed E-state index contributed by atoms with van der Waals surface area (Å²) in [6, 6.07) is 11.0. The van der Waals surface area contributed by atoms with Crippen LogP contribution in [0.25, 0.3) is 21.6 Å². The second-order valence-corrected chi connectivity index (χ2v) is 4.55. The predicted octanol–water partition coefficient (Wildman–Crippen LogP) is 5.04. The lowest BCUT2D eigenvalue weighted by Crippen LogP contribution is -1.86. The number of phenolic OH excluding ortho intramolecular Hbond substituents is 1. The van der Waals surface area contributed by atoms with Crippen molar-refractivity contribution in [2.45, 2.75) is 13.3 Å². The Hall–Kier alpha value is -2.71. The molecule has 4 nitrogen and oxygen atoms in total. The molecule has 0 aromatic heterocycles. The zero-order chi connectivity index (χ0) is 14.5. The lowest BCUT2D eigenvalue weighted by atomic mass is 9.98. The van der Waals surface area contributed by atoms with Gasteiger partial charge in [0, 0.05) is 10.6 Å². The van der Waals surface area contributed by atoms with Gasteiger partial charge in [0.1, 0.15) is 5.75 Å². The molecule has 4 heteroatoms. The highest BCUT2D eigenvalue weighted by atomic mass is 16.3. The molecule has 0 aliphatic carbocycles. The molecule has 0 saturated carbocycles. The van der Waals surface area contributed by atoms with Crippen molar-refractivity contribution in [1.29, 1.82) is 0 Å². The number of nitrogens with zero attached hydrogens (tertiary/aromatic N) is 3. The molecule has 20 heavy (non-hydrogen) atoms. The summed E-state index contributed by atoms with van der Waals surface area (Å²) in [6.07, 6.45) is 2.33. The zero-order valence-electron chi connectivity index (χ0n) is 11.2. The number of allylic oxidation sites excluding steroid dienone is 1. The van der Waals surface area contributed by atoms with Gasteiger partial charge in [0.05, 0.1) is 0 Å². The molecule has 0 heterocycles. The number of azide groups is 1. The Morgan fingerprint density at radius 3 is 2.80 bits per heavy atom. The average Bonchev–Trinajstić information content (AvgIpc) is 2.44. The van der Waals surface area contributed by atoms with Crippen molar-refractivity contribution in [3.05, 3.63) is 70.6 Å². The van der Waals surface area contributed by atoms with Crippen LogP contribution in [-0.2, 0) is 6.42 Å². The van der Waals surface area contributed by atoms with Crippen LogP contribution in [0.4, 0.5) is 5.69 Å². The van der Waals surface area contributed by atoms with Crippen LogP contribution in [0.3, 0.4) is 0 Å². The maximum Gasteiger partial charge on any atom is 0.119 e. The van der Waals surface area contributed by atoms with Gasteiger partial charge in [-0.25, -0.2) is 0 Å². The van der Waals surface area contributed by atoms with E-state index in [4.69, 9.17) is 5.53 Å². The Labute approximate surface area is 117 Å². The summed E-state index contributed by atoms with van der Waals surface area (Å²) in [5, 5.41) is 13.5. The number of aryl methyl sites for hydroxylation is 1. The SMILES string of the molecule is C=CCc1cc(-c2cc(C)ccc2N=[N+]=[N-])ccc1O. The molecule has 2 aromatic rings. The van der Waals surface area contributed by atoms with E-state index in [1.807, 2.05) is 31.2 Å². The lowest BCUT2D eigenvalue weighted by Gasteiger charge is -2.10. The first-order chi connectivity index (χ1) is 9.65. The monoisotopic (exact) mass is 265 g/mol. The maximum absolute atomic E-state index is 9.81. The molecule has 0 bridgehead atoms. The van der Waals surface area contributed by atoms with E-state index >= 15 is 0 Å².